The van der Waals surface area contributed by atoms with E-state index in [1.165, 1.54) is 5.56 Å². The van der Waals surface area contributed by atoms with Crippen molar-refractivity contribution < 1.29 is 22.7 Å². The van der Waals surface area contributed by atoms with Crippen LogP contribution in [0.25, 0.3) is 21.8 Å². The molecule has 0 aliphatic carbocycles. The fraction of sp³-hybridized carbons (Fsp3) is 0.348. The predicted molar refractivity (Wildman–Crippen MR) is 224 cm³/mol. The number of benzene rings is 4. The van der Waals surface area contributed by atoms with Gasteiger partial charge in [0.05, 0.1) is 5.52 Å². The molecule has 0 aliphatic heterocycles. The minimum absolute atomic E-state index is 0.0802. The second-order valence-electron chi connectivity index (χ2n) is 15.4. The lowest BCUT2D eigenvalue weighted by Crippen LogP contribution is -2.44. The monoisotopic (exact) mass is 764 g/mol. The first-order chi connectivity index (χ1) is 26.3. The fourth-order valence-electron chi connectivity index (χ4n) is 6.09. The van der Waals surface area contributed by atoms with Crippen molar-refractivity contribution in [1.29, 1.82) is 0 Å². The third kappa shape index (κ3) is 10.6. The molecule has 0 spiro atoms. The van der Waals surface area contributed by atoms with Crippen LogP contribution in [0.5, 0.6) is 17.2 Å². The van der Waals surface area contributed by atoms with Gasteiger partial charge in [-0.25, -0.2) is 8.78 Å². The maximum Gasteiger partial charge on any atom is 0.250 e. The predicted octanol–water partition coefficient (Wildman–Crippen LogP) is 11.0. The van der Waals surface area contributed by atoms with Crippen molar-refractivity contribution in [2.45, 2.75) is 78.4 Å². The molecule has 290 valence electrons. The molecule has 0 amide bonds. The van der Waals surface area contributed by atoms with Gasteiger partial charge in [0, 0.05) is 38.8 Å². The lowest BCUT2D eigenvalue weighted by atomic mass is 10.0. The molecule has 9 heteroatoms. The van der Waals surface area contributed by atoms with Gasteiger partial charge in [-0.3, -0.25) is 9.78 Å². The molecule has 0 unspecified atom stereocenters. The normalized spacial score (nSPS) is 11.7. The highest BCUT2D eigenvalue weighted by atomic mass is 28.4. The molecule has 6 aromatic rings. The number of aromatic nitrogens is 2. The highest BCUT2D eigenvalue weighted by Gasteiger charge is 2.39. The Bertz CT molecular complexity index is 2230. The molecular formula is C46H54F2N2O4Si. The fourth-order valence-corrected chi connectivity index (χ4v) is 7.17. The van der Waals surface area contributed by atoms with Crippen molar-refractivity contribution in [1.82, 2.24) is 9.97 Å². The molecule has 0 radical (unpaired) electrons. The standard InChI is InChI=1S/C26H34FNO2Si.C20H20FNO2/c1-19-23(16-13-20-11-14-21(15-12-20)29-18-17-27)28-24-10-8-7-9-22(24)25(19)30-31(5,6)26(2,3)4;1-14-18(22-19-5-3-2-4-17(19)20(14)23)11-8-15-6-9-16(10-7-15)24-13-12-21/h7-12,14-15H,13,16-18H2,1-6H3;2-7,9-10H,8,11-13H2,1H3,(H,22,23). The Balaban J connectivity index is 0.000000218. The van der Waals surface area contributed by atoms with Crippen molar-refractivity contribution in [3.8, 4) is 17.2 Å². The maximum absolute atomic E-state index is 12.4. The van der Waals surface area contributed by atoms with Crippen molar-refractivity contribution in [3.05, 3.63) is 141 Å². The Morgan fingerprint density at radius 1 is 0.673 bits per heavy atom. The molecule has 0 bridgehead atoms. The number of pyridine rings is 2. The lowest BCUT2D eigenvalue weighted by Gasteiger charge is -2.37. The Morgan fingerprint density at radius 2 is 1.20 bits per heavy atom. The zero-order chi connectivity index (χ0) is 39.6. The van der Waals surface area contributed by atoms with Crippen molar-refractivity contribution in [2.75, 3.05) is 26.6 Å². The van der Waals surface area contributed by atoms with Gasteiger partial charge in [-0.15, -0.1) is 0 Å². The number of aromatic amines is 1. The van der Waals surface area contributed by atoms with E-state index in [4.69, 9.17) is 18.9 Å². The third-order valence-corrected chi connectivity index (χ3v) is 14.8. The maximum atomic E-state index is 12.4. The number of para-hydroxylation sites is 2. The van der Waals surface area contributed by atoms with E-state index < -0.39 is 21.7 Å². The lowest BCUT2D eigenvalue weighted by molar-refractivity contribution is 0.273. The summed E-state index contributed by atoms with van der Waals surface area (Å²) < 4.78 is 41.7. The minimum atomic E-state index is -1.99. The number of fused-ring (bicyclic) bond motifs is 2. The molecule has 4 aromatic carbocycles. The van der Waals surface area contributed by atoms with E-state index in [9.17, 15) is 13.6 Å². The topological polar surface area (TPSA) is 73.4 Å². The number of hydrogen-bond acceptors (Lipinski definition) is 5. The Morgan fingerprint density at radius 3 is 1.76 bits per heavy atom. The number of nitrogens with one attached hydrogen (secondary N) is 1. The molecule has 1 N–H and O–H groups in total. The first kappa shape index (κ1) is 41.1. The summed E-state index contributed by atoms with van der Waals surface area (Å²) in [5, 5.41) is 1.94. The summed E-state index contributed by atoms with van der Waals surface area (Å²) in [5.74, 6) is 2.36. The average molecular weight is 765 g/mol. The van der Waals surface area contributed by atoms with Gasteiger partial charge in [0.15, 0.2) is 5.43 Å². The Hall–Kier alpha value is -5.02. The number of aryl methyl sites for hydroxylation is 4. The van der Waals surface area contributed by atoms with Gasteiger partial charge in [0.1, 0.15) is 43.8 Å². The molecule has 0 atom stereocenters. The number of nitrogens with zero attached hydrogens (tertiary/aromatic N) is 1. The van der Waals surface area contributed by atoms with Crippen LogP contribution in [0, 0.1) is 13.8 Å². The zero-order valence-corrected chi connectivity index (χ0v) is 34.2. The van der Waals surface area contributed by atoms with E-state index in [0.29, 0.717) is 11.5 Å². The van der Waals surface area contributed by atoms with Crippen molar-refractivity contribution in [3.63, 3.8) is 0 Å². The van der Waals surface area contributed by atoms with Gasteiger partial charge in [-0.05, 0) is 117 Å². The van der Waals surface area contributed by atoms with E-state index in [2.05, 4.69) is 57.9 Å². The molecule has 6 rings (SSSR count). The zero-order valence-electron chi connectivity index (χ0n) is 33.2. The van der Waals surface area contributed by atoms with Gasteiger partial charge in [0.25, 0.3) is 8.32 Å². The summed E-state index contributed by atoms with van der Waals surface area (Å²) >= 11 is 0. The van der Waals surface area contributed by atoms with Crippen molar-refractivity contribution >= 4 is 30.1 Å². The molecular weight excluding hydrogens is 711 g/mol. The summed E-state index contributed by atoms with van der Waals surface area (Å²) in [6, 6.07) is 31.4. The highest BCUT2D eigenvalue weighted by Crippen LogP contribution is 2.41. The number of H-pyrrole nitrogens is 1. The largest absolute Gasteiger partial charge is 0.543 e. The van der Waals surface area contributed by atoms with Gasteiger partial charge in [-0.2, -0.15) is 0 Å². The van der Waals surface area contributed by atoms with Crippen LogP contribution in [0.2, 0.25) is 18.1 Å². The smallest absolute Gasteiger partial charge is 0.250 e. The second-order valence-corrected chi connectivity index (χ2v) is 20.1. The molecule has 0 saturated carbocycles. The average Bonchev–Trinajstić information content (AvgIpc) is 3.18. The van der Waals surface area contributed by atoms with Crippen LogP contribution in [0.3, 0.4) is 0 Å². The van der Waals surface area contributed by atoms with Crippen LogP contribution < -0.4 is 19.3 Å². The van der Waals surface area contributed by atoms with E-state index in [0.717, 1.165) is 81.3 Å². The molecule has 0 saturated heterocycles. The van der Waals surface area contributed by atoms with E-state index >= 15 is 0 Å². The van der Waals surface area contributed by atoms with Gasteiger partial charge < -0.3 is 18.9 Å². The van der Waals surface area contributed by atoms with Crippen molar-refractivity contribution in [2.24, 2.45) is 0 Å². The summed E-state index contributed by atoms with van der Waals surface area (Å²) in [6.07, 6.45) is 3.28. The van der Waals surface area contributed by atoms with Crippen LogP contribution in [-0.4, -0.2) is 44.8 Å². The molecule has 2 aromatic heterocycles. The number of ether oxygens (including phenoxy) is 2. The summed E-state index contributed by atoms with van der Waals surface area (Å²) in [5.41, 5.74) is 8.24. The van der Waals surface area contributed by atoms with Crippen LogP contribution in [0.15, 0.2) is 102 Å². The van der Waals surface area contributed by atoms with Crippen LogP contribution in [0.1, 0.15) is 54.4 Å². The SMILES string of the molecule is Cc1c(CCc2ccc(OCCF)cc2)[nH]c2ccccc2c1=O.Cc1c(CCc2ccc(OCCF)cc2)nc2ccccc2c1O[Si](C)(C)C(C)(C)C. The third-order valence-electron chi connectivity index (χ3n) is 10.4. The second kappa shape index (κ2) is 18.5. The number of alkyl halides is 2. The molecule has 2 heterocycles. The Kier molecular flexibility index (Phi) is 13.9. The van der Waals surface area contributed by atoms with Gasteiger partial charge >= 0.3 is 0 Å². The van der Waals surface area contributed by atoms with Crippen LogP contribution in [-0.2, 0) is 25.7 Å². The molecule has 0 aliphatic rings. The number of rotatable bonds is 14. The molecule has 0 fully saturated rings. The first-order valence-electron chi connectivity index (χ1n) is 19.0. The summed E-state index contributed by atoms with van der Waals surface area (Å²) in [7, 11) is -1.99. The number of halogens is 2. The quantitative estimate of drug-likeness (QED) is 0.112. The molecule has 55 heavy (non-hydrogen) atoms. The Labute approximate surface area is 325 Å². The van der Waals surface area contributed by atoms with Crippen LogP contribution >= 0.6 is 0 Å². The van der Waals surface area contributed by atoms with E-state index in [1.54, 1.807) is 0 Å². The number of hydrogen-bond donors (Lipinski definition) is 1. The highest BCUT2D eigenvalue weighted by molar-refractivity contribution is 6.74. The van der Waals surface area contributed by atoms with Gasteiger partial charge in [0.2, 0.25) is 0 Å². The first-order valence-corrected chi connectivity index (χ1v) is 21.9. The van der Waals surface area contributed by atoms with E-state index in [1.807, 2.05) is 91.9 Å². The minimum Gasteiger partial charge on any atom is -0.543 e. The summed E-state index contributed by atoms with van der Waals surface area (Å²) in [6.45, 7) is 14.6. The van der Waals surface area contributed by atoms with Gasteiger partial charge in [-0.1, -0.05) is 69.3 Å². The van der Waals surface area contributed by atoms with E-state index in [-0.39, 0.29) is 23.7 Å². The molecule has 6 nitrogen and oxygen atoms in total. The summed E-state index contributed by atoms with van der Waals surface area (Å²) in [4.78, 5) is 20.8. The van der Waals surface area contributed by atoms with Crippen LogP contribution in [0.4, 0.5) is 8.78 Å².